The van der Waals surface area contributed by atoms with Crippen LogP contribution < -0.4 is 10.6 Å². The Morgan fingerprint density at radius 2 is 2.07 bits per heavy atom. The first-order valence-corrected chi connectivity index (χ1v) is 9.46. The zero-order valence-corrected chi connectivity index (χ0v) is 16.1. The van der Waals surface area contributed by atoms with Gasteiger partial charge in [0.05, 0.1) is 6.21 Å². The van der Waals surface area contributed by atoms with Crippen LogP contribution in [-0.4, -0.2) is 28.4 Å². The number of amides is 2. The number of benzene rings is 2. The van der Waals surface area contributed by atoms with Crippen molar-refractivity contribution in [3.63, 3.8) is 0 Å². The molecule has 2 aromatic carbocycles. The van der Waals surface area contributed by atoms with Gasteiger partial charge in [0.15, 0.2) is 5.17 Å². The molecular weight excluding hydrogens is 384 g/mol. The fourth-order valence-electron chi connectivity index (χ4n) is 2.38. The molecule has 3 rings (SSSR count). The van der Waals surface area contributed by atoms with Gasteiger partial charge in [0.2, 0.25) is 11.8 Å². The standard InChI is InChI=1S/C19H17ClN4O2S/c1-12-3-2-4-15(9-12)22-18(26)16-10-17(25)23-19(27-16)24-21-11-13-5-7-14(20)8-6-13/h2-9,11,16H,10H2,1H3,(H,22,26)(H,23,24,25)/b21-11+. The van der Waals surface area contributed by atoms with Crippen molar-refractivity contribution < 1.29 is 9.59 Å². The fourth-order valence-corrected chi connectivity index (χ4v) is 3.44. The molecule has 1 saturated heterocycles. The minimum absolute atomic E-state index is 0.0855. The molecule has 1 atom stereocenters. The lowest BCUT2D eigenvalue weighted by Gasteiger charge is -2.21. The molecular formula is C19H17ClN4O2S. The molecule has 1 aliphatic heterocycles. The third kappa shape index (κ3) is 5.67. The second-order valence-electron chi connectivity index (χ2n) is 5.92. The van der Waals surface area contributed by atoms with E-state index in [0.29, 0.717) is 15.9 Å². The van der Waals surface area contributed by atoms with Crippen molar-refractivity contribution in [2.75, 3.05) is 5.32 Å². The van der Waals surface area contributed by atoms with E-state index >= 15 is 0 Å². The van der Waals surface area contributed by atoms with Crippen molar-refractivity contribution in [3.8, 4) is 0 Å². The van der Waals surface area contributed by atoms with Crippen LogP contribution >= 0.6 is 23.4 Å². The summed E-state index contributed by atoms with van der Waals surface area (Å²) in [5.41, 5.74) is 2.57. The van der Waals surface area contributed by atoms with Crippen molar-refractivity contribution in [2.24, 2.45) is 10.2 Å². The quantitative estimate of drug-likeness (QED) is 0.607. The summed E-state index contributed by atoms with van der Waals surface area (Å²) in [4.78, 5) is 24.4. The molecule has 138 valence electrons. The van der Waals surface area contributed by atoms with Gasteiger partial charge in [-0.25, -0.2) is 0 Å². The molecule has 2 amide bonds. The van der Waals surface area contributed by atoms with E-state index in [1.54, 1.807) is 30.5 Å². The molecule has 8 heteroatoms. The van der Waals surface area contributed by atoms with Crippen molar-refractivity contribution in [1.29, 1.82) is 0 Å². The number of anilines is 1. The third-order valence-electron chi connectivity index (χ3n) is 3.67. The lowest BCUT2D eigenvalue weighted by molar-refractivity contribution is -0.123. The molecule has 1 aliphatic rings. The smallest absolute Gasteiger partial charge is 0.238 e. The Morgan fingerprint density at radius 1 is 1.30 bits per heavy atom. The molecule has 0 aromatic heterocycles. The van der Waals surface area contributed by atoms with Crippen molar-refractivity contribution in [2.45, 2.75) is 18.6 Å². The van der Waals surface area contributed by atoms with Crippen LogP contribution in [0.2, 0.25) is 5.02 Å². The molecule has 2 aromatic rings. The minimum atomic E-state index is -0.566. The number of thioether (sulfide) groups is 1. The van der Waals surface area contributed by atoms with E-state index in [2.05, 4.69) is 20.8 Å². The number of aryl methyl sites for hydroxylation is 1. The van der Waals surface area contributed by atoms with Crippen LogP contribution in [0.3, 0.4) is 0 Å². The first-order chi connectivity index (χ1) is 13.0. The average Bonchev–Trinajstić information content (AvgIpc) is 2.63. The lowest BCUT2D eigenvalue weighted by atomic mass is 10.2. The van der Waals surface area contributed by atoms with Gasteiger partial charge in [0.1, 0.15) is 5.25 Å². The summed E-state index contributed by atoms with van der Waals surface area (Å²) in [6, 6.07) is 14.6. The van der Waals surface area contributed by atoms with Gasteiger partial charge in [0, 0.05) is 17.1 Å². The van der Waals surface area contributed by atoms with Gasteiger partial charge < -0.3 is 10.6 Å². The van der Waals surface area contributed by atoms with Gasteiger partial charge >= 0.3 is 0 Å². The monoisotopic (exact) mass is 400 g/mol. The molecule has 1 unspecified atom stereocenters. The second kappa shape index (κ2) is 8.83. The molecule has 6 nitrogen and oxygen atoms in total. The lowest BCUT2D eigenvalue weighted by Crippen LogP contribution is -2.41. The molecule has 0 bridgehead atoms. The maximum absolute atomic E-state index is 12.5. The van der Waals surface area contributed by atoms with E-state index in [4.69, 9.17) is 11.6 Å². The summed E-state index contributed by atoms with van der Waals surface area (Å²) >= 11 is 7.01. The molecule has 0 spiro atoms. The van der Waals surface area contributed by atoms with Crippen LogP contribution in [0.1, 0.15) is 17.5 Å². The molecule has 2 N–H and O–H groups in total. The van der Waals surface area contributed by atoms with Gasteiger partial charge in [-0.1, -0.05) is 47.6 Å². The highest BCUT2D eigenvalue weighted by molar-refractivity contribution is 8.15. The number of nitrogens with zero attached hydrogens (tertiary/aromatic N) is 2. The Balaban J connectivity index is 1.65. The highest BCUT2D eigenvalue weighted by Crippen LogP contribution is 2.22. The molecule has 0 saturated carbocycles. The van der Waals surface area contributed by atoms with Crippen LogP contribution in [0.5, 0.6) is 0 Å². The van der Waals surface area contributed by atoms with Crippen LogP contribution in [0, 0.1) is 6.92 Å². The zero-order valence-electron chi connectivity index (χ0n) is 14.5. The van der Waals surface area contributed by atoms with E-state index in [0.717, 1.165) is 11.1 Å². The highest BCUT2D eigenvalue weighted by Gasteiger charge is 2.30. The summed E-state index contributed by atoms with van der Waals surface area (Å²) in [5, 5.41) is 13.8. The van der Waals surface area contributed by atoms with Gasteiger partial charge in [-0.15, -0.1) is 5.10 Å². The molecule has 1 fully saturated rings. The number of amidine groups is 1. The second-order valence-corrected chi connectivity index (χ2v) is 7.55. The van der Waals surface area contributed by atoms with Crippen LogP contribution in [-0.2, 0) is 9.59 Å². The number of carbonyl (C=O) groups is 2. The molecule has 0 aliphatic carbocycles. The largest absolute Gasteiger partial charge is 0.325 e. The summed E-state index contributed by atoms with van der Waals surface area (Å²) in [6.45, 7) is 1.95. The van der Waals surface area contributed by atoms with Gasteiger partial charge in [-0.05, 0) is 42.3 Å². The zero-order chi connectivity index (χ0) is 19.2. The number of hydrogen-bond acceptors (Lipinski definition) is 5. The number of halogens is 1. The first kappa shape index (κ1) is 19.1. The Morgan fingerprint density at radius 3 is 2.81 bits per heavy atom. The van der Waals surface area contributed by atoms with E-state index in [9.17, 15) is 9.59 Å². The predicted molar refractivity (Wildman–Crippen MR) is 110 cm³/mol. The summed E-state index contributed by atoms with van der Waals surface area (Å²) in [5.74, 6) is -0.506. The van der Waals surface area contributed by atoms with Crippen molar-refractivity contribution in [1.82, 2.24) is 5.32 Å². The van der Waals surface area contributed by atoms with E-state index < -0.39 is 5.25 Å². The fraction of sp³-hybridized carbons (Fsp3) is 0.158. The van der Waals surface area contributed by atoms with Gasteiger partial charge in [0.25, 0.3) is 0 Å². The number of hydrogen-bond donors (Lipinski definition) is 2. The Labute approximate surface area is 166 Å². The topological polar surface area (TPSA) is 82.9 Å². The van der Waals surface area contributed by atoms with Crippen LogP contribution in [0.4, 0.5) is 5.69 Å². The normalized spacial score (nSPS) is 18.5. The van der Waals surface area contributed by atoms with Crippen LogP contribution in [0.25, 0.3) is 0 Å². The number of rotatable bonds is 4. The van der Waals surface area contributed by atoms with Crippen LogP contribution in [0.15, 0.2) is 58.7 Å². The van der Waals surface area contributed by atoms with E-state index in [1.165, 1.54) is 11.8 Å². The average molecular weight is 401 g/mol. The summed E-state index contributed by atoms with van der Waals surface area (Å²) < 4.78 is 0. The van der Waals surface area contributed by atoms with Crippen molar-refractivity contribution in [3.05, 3.63) is 64.7 Å². The maximum Gasteiger partial charge on any atom is 0.238 e. The third-order valence-corrected chi connectivity index (χ3v) is 5.00. The summed E-state index contributed by atoms with van der Waals surface area (Å²) in [7, 11) is 0. The molecule has 27 heavy (non-hydrogen) atoms. The molecule has 1 heterocycles. The van der Waals surface area contributed by atoms with Gasteiger partial charge in [-0.3, -0.25) is 9.59 Å². The molecule has 0 radical (unpaired) electrons. The first-order valence-electron chi connectivity index (χ1n) is 8.20. The van der Waals surface area contributed by atoms with E-state index in [1.807, 2.05) is 31.2 Å². The number of nitrogens with one attached hydrogen (secondary N) is 2. The Kier molecular flexibility index (Phi) is 6.26. The highest BCUT2D eigenvalue weighted by atomic mass is 35.5. The maximum atomic E-state index is 12.5. The van der Waals surface area contributed by atoms with Gasteiger partial charge in [-0.2, -0.15) is 5.10 Å². The Bertz CT molecular complexity index is 912. The van der Waals surface area contributed by atoms with Crippen molar-refractivity contribution >= 4 is 52.2 Å². The van der Waals surface area contributed by atoms with E-state index in [-0.39, 0.29) is 18.2 Å². The SMILES string of the molecule is Cc1cccc(NC(=O)C2CC(=O)N/C(=N/N=C/c3ccc(Cl)cc3)S2)c1. The predicted octanol–water partition coefficient (Wildman–Crippen LogP) is 3.60. The number of carbonyl (C=O) groups excluding carboxylic acids is 2. The summed E-state index contributed by atoms with van der Waals surface area (Å²) in [6.07, 6.45) is 1.63. The minimum Gasteiger partial charge on any atom is -0.325 e. The Hall–Kier alpha value is -2.64.